The fourth-order valence-corrected chi connectivity index (χ4v) is 2.99. The molecule has 0 fully saturated rings. The molecular formula is C20H16FN3O. The van der Waals surface area contributed by atoms with Gasteiger partial charge in [0, 0.05) is 6.20 Å². The summed E-state index contributed by atoms with van der Waals surface area (Å²) < 4.78 is 20.2. The van der Waals surface area contributed by atoms with E-state index in [2.05, 4.69) is 10.1 Å². The van der Waals surface area contributed by atoms with Crippen molar-refractivity contribution in [3.05, 3.63) is 72.3 Å². The van der Waals surface area contributed by atoms with E-state index < -0.39 is 0 Å². The van der Waals surface area contributed by atoms with Crippen LogP contribution in [-0.4, -0.2) is 21.9 Å². The molecule has 0 saturated heterocycles. The van der Waals surface area contributed by atoms with Crippen LogP contribution in [0.4, 0.5) is 4.39 Å². The molecule has 0 aliphatic heterocycles. The van der Waals surface area contributed by atoms with E-state index in [0.717, 1.165) is 39.3 Å². The molecule has 4 nitrogen and oxygen atoms in total. The smallest absolute Gasteiger partial charge is 0.163 e. The van der Waals surface area contributed by atoms with Gasteiger partial charge in [-0.25, -0.2) is 14.1 Å². The van der Waals surface area contributed by atoms with E-state index in [9.17, 15) is 4.39 Å². The Morgan fingerprint density at radius 3 is 2.36 bits per heavy atom. The van der Waals surface area contributed by atoms with Gasteiger partial charge in [0.05, 0.1) is 23.9 Å². The number of hydrogen-bond acceptors (Lipinski definition) is 3. The topological polar surface area (TPSA) is 39.9 Å². The Kier molecular flexibility index (Phi) is 3.69. The highest BCUT2D eigenvalue weighted by Crippen LogP contribution is 2.31. The van der Waals surface area contributed by atoms with Gasteiger partial charge >= 0.3 is 0 Å². The quantitative estimate of drug-likeness (QED) is 0.552. The Morgan fingerprint density at radius 1 is 0.960 bits per heavy atom. The second-order valence-corrected chi connectivity index (χ2v) is 5.76. The van der Waals surface area contributed by atoms with Crippen molar-refractivity contribution in [3.63, 3.8) is 0 Å². The molecule has 124 valence electrons. The number of pyridine rings is 1. The average Bonchev–Trinajstić information content (AvgIpc) is 2.99. The maximum atomic E-state index is 13.2. The van der Waals surface area contributed by atoms with E-state index >= 15 is 0 Å². The van der Waals surface area contributed by atoms with E-state index in [0.29, 0.717) is 0 Å². The lowest BCUT2D eigenvalue weighted by molar-refractivity contribution is 0.415. The summed E-state index contributed by atoms with van der Waals surface area (Å²) in [5, 5.41) is 5.60. The first-order valence-corrected chi connectivity index (χ1v) is 7.92. The predicted molar refractivity (Wildman–Crippen MR) is 95.5 cm³/mol. The lowest BCUT2D eigenvalue weighted by atomic mass is 10.0. The summed E-state index contributed by atoms with van der Waals surface area (Å²) in [4.78, 5) is 4.50. The van der Waals surface area contributed by atoms with Crippen LogP contribution in [-0.2, 0) is 0 Å². The normalized spacial score (nSPS) is 11.0. The minimum absolute atomic E-state index is 0.274. The second kappa shape index (κ2) is 6.02. The Morgan fingerprint density at radius 2 is 1.68 bits per heavy atom. The molecule has 4 aromatic rings. The molecule has 0 atom stereocenters. The standard InChI is InChI=1S/C20H16FN3O/c1-13-19-18(14-3-9-17(25-2)10-4-14)11-12-22-20(19)24(23-13)16-7-5-15(21)6-8-16/h3-12H,1-2H3. The zero-order valence-electron chi connectivity index (χ0n) is 13.9. The first-order chi connectivity index (χ1) is 12.2. The van der Waals surface area contributed by atoms with E-state index in [4.69, 9.17) is 4.74 Å². The van der Waals surface area contributed by atoms with E-state index in [1.165, 1.54) is 12.1 Å². The highest BCUT2D eigenvalue weighted by Gasteiger charge is 2.15. The Balaban J connectivity index is 1.91. The molecule has 0 N–H and O–H groups in total. The van der Waals surface area contributed by atoms with Crippen LogP contribution in [0.5, 0.6) is 5.75 Å². The number of benzene rings is 2. The molecular weight excluding hydrogens is 317 g/mol. The molecule has 0 radical (unpaired) electrons. The van der Waals surface area contributed by atoms with Gasteiger partial charge in [0.15, 0.2) is 5.65 Å². The molecule has 0 amide bonds. The van der Waals surface area contributed by atoms with Gasteiger partial charge in [-0.15, -0.1) is 0 Å². The van der Waals surface area contributed by atoms with Crippen molar-refractivity contribution in [1.82, 2.24) is 14.8 Å². The van der Waals surface area contributed by atoms with Gasteiger partial charge in [-0.05, 0) is 60.5 Å². The van der Waals surface area contributed by atoms with Gasteiger partial charge in [0.1, 0.15) is 11.6 Å². The van der Waals surface area contributed by atoms with Crippen LogP contribution < -0.4 is 4.74 Å². The lowest BCUT2D eigenvalue weighted by Gasteiger charge is -2.06. The largest absolute Gasteiger partial charge is 0.497 e. The van der Waals surface area contributed by atoms with Gasteiger partial charge < -0.3 is 4.74 Å². The summed E-state index contributed by atoms with van der Waals surface area (Å²) >= 11 is 0. The zero-order chi connectivity index (χ0) is 17.4. The van der Waals surface area contributed by atoms with Crippen LogP contribution >= 0.6 is 0 Å². The van der Waals surface area contributed by atoms with Gasteiger partial charge in [-0.3, -0.25) is 0 Å². The number of halogens is 1. The number of rotatable bonds is 3. The molecule has 0 aliphatic rings. The summed E-state index contributed by atoms with van der Waals surface area (Å²) in [5.74, 6) is 0.539. The van der Waals surface area contributed by atoms with E-state index in [1.54, 1.807) is 30.1 Å². The predicted octanol–water partition coefficient (Wildman–Crippen LogP) is 4.54. The lowest BCUT2D eigenvalue weighted by Crippen LogP contribution is -1.97. The van der Waals surface area contributed by atoms with Crippen molar-refractivity contribution in [2.45, 2.75) is 6.92 Å². The second-order valence-electron chi connectivity index (χ2n) is 5.76. The monoisotopic (exact) mass is 333 g/mol. The van der Waals surface area contributed by atoms with Crippen molar-refractivity contribution >= 4 is 11.0 Å². The number of aromatic nitrogens is 3. The minimum Gasteiger partial charge on any atom is -0.497 e. The molecule has 0 bridgehead atoms. The SMILES string of the molecule is COc1ccc(-c2ccnc3c2c(C)nn3-c2ccc(F)cc2)cc1. The van der Waals surface area contributed by atoms with Crippen molar-refractivity contribution < 1.29 is 9.13 Å². The van der Waals surface area contributed by atoms with Crippen molar-refractivity contribution in [2.24, 2.45) is 0 Å². The average molecular weight is 333 g/mol. The molecule has 0 unspecified atom stereocenters. The molecule has 2 heterocycles. The third-order valence-electron chi connectivity index (χ3n) is 4.22. The molecule has 0 saturated carbocycles. The van der Waals surface area contributed by atoms with Crippen LogP contribution in [0.2, 0.25) is 0 Å². The summed E-state index contributed by atoms with van der Waals surface area (Å²) in [6.45, 7) is 1.96. The summed E-state index contributed by atoms with van der Waals surface area (Å²) in [6, 6.07) is 16.1. The zero-order valence-corrected chi connectivity index (χ0v) is 13.9. The van der Waals surface area contributed by atoms with Gasteiger partial charge in [-0.1, -0.05) is 12.1 Å². The first-order valence-electron chi connectivity index (χ1n) is 7.92. The first kappa shape index (κ1) is 15.3. The van der Waals surface area contributed by atoms with Gasteiger partial charge in [-0.2, -0.15) is 5.10 Å². The van der Waals surface area contributed by atoms with Crippen molar-refractivity contribution in [2.75, 3.05) is 7.11 Å². The highest BCUT2D eigenvalue weighted by atomic mass is 19.1. The Labute approximate surface area is 144 Å². The van der Waals surface area contributed by atoms with E-state index in [1.807, 2.05) is 37.3 Å². The number of hydrogen-bond donors (Lipinski definition) is 0. The number of nitrogens with zero attached hydrogens (tertiary/aromatic N) is 3. The van der Waals surface area contributed by atoms with Crippen LogP contribution in [0.15, 0.2) is 60.8 Å². The van der Waals surface area contributed by atoms with Crippen LogP contribution in [0, 0.1) is 12.7 Å². The number of fused-ring (bicyclic) bond motifs is 1. The number of ether oxygens (including phenoxy) is 1. The molecule has 0 spiro atoms. The van der Waals surface area contributed by atoms with Crippen LogP contribution in [0.1, 0.15) is 5.69 Å². The van der Waals surface area contributed by atoms with E-state index in [-0.39, 0.29) is 5.82 Å². The fraction of sp³-hybridized carbons (Fsp3) is 0.100. The molecule has 5 heteroatoms. The summed E-state index contributed by atoms with van der Waals surface area (Å²) in [6.07, 6.45) is 1.77. The maximum Gasteiger partial charge on any atom is 0.163 e. The molecule has 25 heavy (non-hydrogen) atoms. The summed E-state index contributed by atoms with van der Waals surface area (Å²) in [7, 11) is 1.65. The van der Waals surface area contributed by atoms with Crippen LogP contribution in [0.25, 0.3) is 27.8 Å². The third kappa shape index (κ3) is 2.63. The van der Waals surface area contributed by atoms with Gasteiger partial charge in [0.25, 0.3) is 0 Å². The Bertz CT molecular complexity index is 1040. The third-order valence-corrected chi connectivity index (χ3v) is 4.22. The summed E-state index contributed by atoms with van der Waals surface area (Å²) in [5.41, 5.74) is 4.52. The highest BCUT2D eigenvalue weighted by molar-refractivity contribution is 5.95. The molecule has 0 aliphatic carbocycles. The van der Waals surface area contributed by atoms with Crippen molar-refractivity contribution in [1.29, 1.82) is 0 Å². The Hall–Kier alpha value is -3.21. The number of aryl methyl sites for hydroxylation is 1. The van der Waals surface area contributed by atoms with Gasteiger partial charge in [0.2, 0.25) is 0 Å². The van der Waals surface area contributed by atoms with Crippen LogP contribution in [0.3, 0.4) is 0 Å². The minimum atomic E-state index is -0.274. The van der Waals surface area contributed by atoms with Crippen molar-refractivity contribution in [3.8, 4) is 22.6 Å². The fourth-order valence-electron chi connectivity index (χ4n) is 2.99. The molecule has 2 aromatic carbocycles. The number of methoxy groups -OCH3 is 1. The molecule has 2 aromatic heterocycles. The molecule has 4 rings (SSSR count). The maximum absolute atomic E-state index is 13.2.